The molecule has 0 bridgehead atoms. The lowest BCUT2D eigenvalue weighted by Gasteiger charge is -2.35. The Labute approximate surface area is 175 Å². The number of hydrogen-bond acceptors (Lipinski definition) is 5. The summed E-state index contributed by atoms with van der Waals surface area (Å²) in [5.41, 5.74) is 5.45. The fraction of sp³-hybridized carbons (Fsp3) is 0.292. The van der Waals surface area contributed by atoms with Crippen molar-refractivity contribution in [3.05, 3.63) is 70.9 Å². The first-order valence-corrected chi connectivity index (χ1v) is 10.2. The van der Waals surface area contributed by atoms with Crippen molar-refractivity contribution in [3.8, 4) is 0 Å². The van der Waals surface area contributed by atoms with Crippen LogP contribution in [0, 0.1) is 12.3 Å². The Morgan fingerprint density at radius 3 is 2.70 bits per heavy atom. The van der Waals surface area contributed by atoms with Gasteiger partial charge in [0, 0.05) is 12.8 Å². The van der Waals surface area contributed by atoms with Crippen molar-refractivity contribution in [2.45, 2.75) is 39.7 Å². The smallest absolute Gasteiger partial charge is 0.365 e. The van der Waals surface area contributed by atoms with Crippen LogP contribution in [0.25, 0.3) is 11.1 Å². The quantitative estimate of drug-likeness (QED) is 0.615. The van der Waals surface area contributed by atoms with E-state index in [0.717, 1.165) is 39.9 Å². The zero-order valence-electron chi connectivity index (χ0n) is 17.4. The highest BCUT2D eigenvalue weighted by atomic mass is 16.4. The third-order valence-electron chi connectivity index (χ3n) is 5.80. The Bertz CT molecular complexity index is 1190. The summed E-state index contributed by atoms with van der Waals surface area (Å²) >= 11 is 0. The minimum absolute atomic E-state index is 0.0841. The largest absolute Gasteiger partial charge is 0.412 e. The Hall–Kier alpha value is -3.41. The van der Waals surface area contributed by atoms with E-state index in [1.165, 1.54) is 0 Å². The number of rotatable bonds is 2. The summed E-state index contributed by atoms with van der Waals surface area (Å²) in [6, 6.07) is 16.0. The van der Waals surface area contributed by atoms with Crippen LogP contribution in [-0.4, -0.2) is 16.7 Å². The number of carbonyl (C=O) groups excluding carboxylic acids is 1. The van der Waals surface area contributed by atoms with Crippen molar-refractivity contribution in [1.82, 2.24) is 10.3 Å². The van der Waals surface area contributed by atoms with Gasteiger partial charge in [0.2, 0.25) is 0 Å². The molecule has 0 unspecified atom stereocenters. The molecular formula is C24H25N4O2+. The minimum atomic E-state index is -0.224. The van der Waals surface area contributed by atoms with Gasteiger partial charge in [0.25, 0.3) is 0 Å². The van der Waals surface area contributed by atoms with Crippen LogP contribution in [0.4, 0.5) is 6.01 Å². The Kier molecular flexibility index (Phi) is 4.24. The van der Waals surface area contributed by atoms with E-state index in [9.17, 15) is 4.79 Å². The van der Waals surface area contributed by atoms with Gasteiger partial charge >= 0.3 is 12.0 Å². The molecule has 1 atom stereocenters. The van der Waals surface area contributed by atoms with Crippen LogP contribution in [-0.2, 0) is 4.79 Å². The molecule has 0 saturated carbocycles. The molecule has 6 heteroatoms. The molecule has 5 rings (SSSR count). The summed E-state index contributed by atoms with van der Waals surface area (Å²) in [6.45, 7) is 6.34. The number of oxazole rings is 1. The molecule has 1 aliphatic heterocycles. The number of para-hydroxylation sites is 2. The second kappa shape index (κ2) is 6.83. The van der Waals surface area contributed by atoms with Gasteiger partial charge in [-0.25, -0.2) is 5.32 Å². The number of nitrogens with zero attached hydrogens (tertiary/aromatic N) is 1. The monoisotopic (exact) mass is 401 g/mol. The second-order valence-electron chi connectivity index (χ2n) is 8.88. The van der Waals surface area contributed by atoms with Crippen LogP contribution in [0.3, 0.4) is 0 Å². The van der Waals surface area contributed by atoms with Gasteiger partial charge in [-0.1, -0.05) is 50.2 Å². The maximum atomic E-state index is 13.1. The van der Waals surface area contributed by atoms with Crippen LogP contribution in [0.2, 0.25) is 0 Å². The average molecular weight is 401 g/mol. The van der Waals surface area contributed by atoms with Crippen LogP contribution in [0.15, 0.2) is 64.2 Å². The van der Waals surface area contributed by atoms with Gasteiger partial charge in [0.1, 0.15) is 11.6 Å². The highest BCUT2D eigenvalue weighted by Gasteiger charge is 2.42. The fourth-order valence-electron chi connectivity index (χ4n) is 4.43. The molecule has 0 saturated heterocycles. The number of benzene rings is 2. The Morgan fingerprint density at radius 1 is 1.13 bits per heavy atom. The lowest BCUT2D eigenvalue weighted by molar-refractivity contribution is -0.502. The van der Waals surface area contributed by atoms with Gasteiger partial charge < -0.3 is 4.42 Å². The molecule has 2 aliphatic rings. The number of guanidine groups is 1. The normalized spacial score (nSPS) is 20.6. The van der Waals surface area contributed by atoms with Crippen molar-refractivity contribution in [2.75, 3.05) is 5.32 Å². The number of aryl methyl sites for hydroxylation is 1. The number of hydrogen-bond donors (Lipinski definition) is 3. The van der Waals surface area contributed by atoms with E-state index in [-0.39, 0.29) is 17.2 Å². The van der Waals surface area contributed by atoms with E-state index in [1.807, 2.05) is 36.4 Å². The number of allylic oxidation sites excluding steroid dienone is 1. The van der Waals surface area contributed by atoms with Crippen molar-refractivity contribution >= 4 is 28.9 Å². The first-order valence-electron chi connectivity index (χ1n) is 10.2. The third-order valence-corrected chi connectivity index (χ3v) is 5.80. The van der Waals surface area contributed by atoms with E-state index in [0.29, 0.717) is 18.4 Å². The summed E-state index contributed by atoms with van der Waals surface area (Å²) in [7, 11) is 0. The van der Waals surface area contributed by atoms with E-state index in [1.54, 1.807) is 0 Å². The molecule has 30 heavy (non-hydrogen) atoms. The van der Waals surface area contributed by atoms with Crippen molar-refractivity contribution in [3.63, 3.8) is 0 Å². The Morgan fingerprint density at radius 2 is 1.90 bits per heavy atom. The summed E-state index contributed by atoms with van der Waals surface area (Å²) < 4.78 is 5.83. The highest BCUT2D eigenvalue weighted by Crippen LogP contribution is 2.40. The molecule has 0 radical (unpaired) electrons. The van der Waals surface area contributed by atoms with Crippen LogP contribution in [0.5, 0.6) is 0 Å². The highest BCUT2D eigenvalue weighted by molar-refractivity contribution is 6.01. The maximum absolute atomic E-state index is 13.1. The maximum Gasteiger partial charge on any atom is 0.365 e. The first kappa shape index (κ1) is 18.6. The number of carbonyl (C=O) groups is 1. The lowest BCUT2D eigenvalue weighted by atomic mass is 9.73. The molecule has 6 nitrogen and oxygen atoms in total. The van der Waals surface area contributed by atoms with Gasteiger partial charge in [-0.15, -0.1) is 0 Å². The summed E-state index contributed by atoms with van der Waals surface area (Å²) in [4.78, 5) is 21.1. The molecule has 152 valence electrons. The molecule has 3 N–H and O–H groups in total. The minimum Gasteiger partial charge on any atom is -0.412 e. The number of ketones is 1. The number of fused-ring (bicyclic) bond motifs is 1. The number of anilines is 1. The third kappa shape index (κ3) is 3.28. The second-order valence-corrected chi connectivity index (χ2v) is 8.88. The number of aromatic nitrogens is 1. The van der Waals surface area contributed by atoms with Gasteiger partial charge in [-0.3, -0.25) is 9.79 Å². The zero-order chi connectivity index (χ0) is 20.9. The predicted molar refractivity (Wildman–Crippen MR) is 116 cm³/mol. The van der Waals surface area contributed by atoms with Crippen LogP contribution in [0.1, 0.15) is 43.9 Å². The van der Waals surface area contributed by atoms with Gasteiger partial charge in [-0.05, 0) is 35.6 Å². The molecule has 3 aromatic rings. The fourth-order valence-corrected chi connectivity index (χ4v) is 4.43. The molecular weight excluding hydrogens is 376 g/mol. The molecule has 1 aromatic heterocycles. The number of Topliss-reactive ketones (excluding diaryl/α,β-unsaturated/α-hetero) is 1. The van der Waals surface area contributed by atoms with Crippen LogP contribution < -0.4 is 15.6 Å². The van der Waals surface area contributed by atoms with Crippen LogP contribution >= 0.6 is 0 Å². The van der Waals surface area contributed by atoms with E-state index in [4.69, 9.17) is 4.42 Å². The lowest BCUT2D eigenvalue weighted by Crippen LogP contribution is -2.82. The Balaban J connectivity index is 1.56. The SMILES string of the molecule is Cc1ccccc1[C@H]1[NH+]=C(Nc2nc3ccccc3o2)NC2=C1C(=O)CC(C)(C)C2. The van der Waals surface area contributed by atoms with E-state index < -0.39 is 0 Å². The summed E-state index contributed by atoms with van der Waals surface area (Å²) in [5, 5.41) is 6.64. The standard InChI is InChI=1S/C24H24N4O2/c1-14-8-4-5-9-15(14)21-20-17(12-24(2,3)13-18(20)29)25-22(27-21)28-23-26-16-10-6-7-11-19(16)30-23/h4-11,21H,12-13H2,1-3H3,(H2,25,26,27,28)/p+1/t21-/m1/s1. The van der Waals surface area contributed by atoms with Crippen molar-refractivity contribution in [2.24, 2.45) is 5.41 Å². The van der Waals surface area contributed by atoms with Gasteiger partial charge in [0.15, 0.2) is 11.4 Å². The van der Waals surface area contributed by atoms with Crippen molar-refractivity contribution in [1.29, 1.82) is 0 Å². The molecule has 2 aromatic carbocycles. The van der Waals surface area contributed by atoms with E-state index >= 15 is 0 Å². The van der Waals surface area contributed by atoms with Crippen molar-refractivity contribution < 1.29 is 14.2 Å². The molecule has 2 heterocycles. The summed E-state index contributed by atoms with van der Waals surface area (Å²) in [6.07, 6.45) is 1.35. The molecule has 0 spiro atoms. The van der Waals surface area contributed by atoms with Gasteiger partial charge in [0.05, 0.1) is 11.3 Å². The molecule has 1 aliphatic carbocycles. The first-order chi connectivity index (χ1) is 14.4. The zero-order valence-corrected chi connectivity index (χ0v) is 17.4. The number of nitrogens with one attached hydrogen (secondary N) is 3. The predicted octanol–water partition coefficient (Wildman–Crippen LogP) is 2.97. The summed E-state index contributed by atoms with van der Waals surface area (Å²) in [5.74, 6) is 0.856. The topological polar surface area (TPSA) is 81.1 Å². The van der Waals surface area contributed by atoms with E-state index in [2.05, 4.69) is 53.5 Å². The van der Waals surface area contributed by atoms with Gasteiger partial charge in [-0.2, -0.15) is 10.3 Å². The average Bonchev–Trinajstić information content (AvgIpc) is 3.08. The molecule has 0 fully saturated rings. The molecule has 0 amide bonds.